The maximum atomic E-state index is 10.8. The van der Waals surface area contributed by atoms with Gasteiger partial charge in [0.05, 0.1) is 24.8 Å². The zero-order chi connectivity index (χ0) is 21.9. The minimum atomic E-state index is -0.219. The molecule has 2 aromatic rings. The highest BCUT2D eigenvalue weighted by Crippen LogP contribution is 2.35. The molecule has 0 bridgehead atoms. The van der Waals surface area contributed by atoms with Crippen molar-refractivity contribution in [3.63, 3.8) is 0 Å². The van der Waals surface area contributed by atoms with Crippen LogP contribution >= 0.6 is 12.2 Å². The number of piperidine rings is 2. The predicted octanol–water partition coefficient (Wildman–Crippen LogP) is 3.21. The topological polar surface area (TPSA) is 55.0 Å². The number of hydrogen-bond donors (Lipinski definition) is 2. The van der Waals surface area contributed by atoms with E-state index in [4.69, 9.17) is 17.0 Å². The van der Waals surface area contributed by atoms with E-state index in [0.717, 1.165) is 84.7 Å². The van der Waals surface area contributed by atoms with Crippen LogP contribution in [-0.4, -0.2) is 90.5 Å². The minimum absolute atomic E-state index is 0.219. The highest BCUT2D eigenvalue weighted by molar-refractivity contribution is 7.78. The molecular weight excluding hydrogens is 420 g/mol. The fraction of sp³-hybridized carbons (Fsp3) is 0.640. The van der Waals surface area contributed by atoms with Crippen LogP contribution in [0.3, 0.4) is 0 Å². The Morgan fingerprint density at radius 2 is 1.81 bits per heavy atom. The van der Waals surface area contributed by atoms with Crippen molar-refractivity contribution >= 4 is 34.3 Å². The molecule has 2 N–H and O–H groups in total. The Morgan fingerprint density at radius 3 is 2.53 bits per heavy atom. The zero-order valence-electron chi connectivity index (χ0n) is 18.9. The summed E-state index contributed by atoms with van der Waals surface area (Å²) in [4.78, 5) is 10.6. The van der Waals surface area contributed by atoms with Crippen LogP contribution in [0.2, 0.25) is 0 Å². The van der Waals surface area contributed by atoms with Gasteiger partial charge >= 0.3 is 0 Å². The Bertz CT molecular complexity index is 896. The van der Waals surface area contributed by atoms with Gasteiger partial charge in [-0.25, -0.2) is 0 Å². The molecule has 0 spiro atoms. The Morgan fingerprint density at radius 1 is 1.06 bits per heavy atom. The van der Waals surface area contributed by atoms with E-state index in [0.29, 0.717) is 11.8 Å². The molecule has 0 radical (unpaired) electrons. The number of nitrogens with zero attached hydrogens (tertiary/aromatic N) is 3. The Labute approximate surface area is 196 Å². The van der Waals surface area contributed by atoms with Crippen LogP contribution in [0.15, 0.2) is 24.4 Å². The first-order valence-electron chi connectivity index (χ1n) is 12.2. The zero-order valence-corrected chi connectivity index (χ0v) is 19.7. The lowest BCUT2D eigenvalue weighted by atomic mass is 9.87. The van der Waals surface area contributed by atoms with Gasteiger partial charge in [0.2, 0.25) is 0 Å². The molecule has 7 heteroatoms. The molecule has 5 rings (SSSR count). The van der Waals surface area contributed by atoms with Crippen molar-refractivity contribution in [1.82, 2.24) is 14.8 Å². The number of ether oxygens (including phenoxy) is 1. The van der Waals surface area contributed by atoms with Gasteiger partial charge in [-0.15, -0.1) is 0 Å². The summed E-state index contributed by atoms with van der Waals surface area (Å²) in [6.45, 7) is 8.48. The number of benzene rings is 1. The number of likely N-dealkylation sites (tertiary alicyclic amines) is 2. The highest BCUT2D eigenvalue weighted by atomic mass is 32.1. The van der Waals surface area contributed by atoms with Crippen LogP contribution in [0.1, 0.15) is 37.2 Å². The maximum absolute atomic E-state index is 10.8. The second-order valence-electron chi connectivity index (χ2n) is 9.69. The SMILES string of the molecule is OC(CN1CCC(c2c[nH]c3ccc(N4CCOCC4)cc23)CC1)C1CCN(C=S)CC1. The lowest BCUT2D eigenvalue weighted by Gasteiger charge is -2.37. The van der Waals surface area contributed by atoms with Gasteiger partial charge in [-0.1, -0.05) is 12.2 Å². The Balaban J connectivity index is 1.18. The summed E-state index contributed by atoms with van der Waals surface area (Å²) in [5, 5.41) is 12.2. The molecule has 3 aliphatic heterocycles. The minimum Gasteiger partial charge on any atom is -0.392 e. The molecule has 6 nitrogen and oxygen atoms in total. The number of fused-ring (bicyclic) bond motifs is 1. The van der Waals surface area contributed by atoms with Gasteiger partial charge in [0, 0.05) is 55.5 Å². The van der Waals surface area contributed by atoms with Crippen molar-refractivity contribution in [3.8, 4) is 0 Å². The first-order chi connectivity index (χ1) is 15.7. The summed E-state index contributed by atoms with van der Waals surface area (Å²) in [7, 11) is 0. The lowest BCUT2D eigenvalue weighted by molar-refractivity contribution is 0.0348. The summed E-state index contributed by atoms with van der Waals surface area (Å²) >= 11 is 5.04. The molecule has 4 heterocycles. The molecule has 1 atom stereocenters. The quantitative estimate of drug-likeness (QED) is 0.651. The number of aromatic nitrogens is 1. The van der Waals surface area contributed by atoms with Gasteiger partial charge in [0.25, 0.3) is 0 Å². The number of nitrogens with one attached hydrogen (secondary N) is 1. The van der Waals surface area contributed by atoms with E-state index in [1.54, 1.807) is 5.49 Å². The van der Waals surface area contributed by atoms with Crippen molar-refractivity contribution in [2.24, 2.45) is 5.92 Å². The van der Waals surface area contributed by atoms with Crippen LogP contribution in [-0.2, 0) is 4.74 Å². The van der Waals surface area contributed by atoms with Gasteiger partial charge in [-0.3, -0.25) is 0 Å². The van der Waals surface area contributed by atoms with Crippen LogP contribution < -0.4 is 4.90 Å². The van der Waals surface area contributed by atoms with Crippen LogP contribution in [0, 0.1) is 5.92 Å². The fourth-order valence-electron chi connectivity index (χ4n) is 5.74. The van der Waals surface area contributed by atoms with Crippen molar-refractivity contribution < 1.29 is 9.84 Å². The molecule has 3 fully saturated rings. The molecule has 1 unspecified atom stereocenters. The van der Waals surface area contributed by atoms with Crippen molar-refractivity contribution in [3.05, 3.63) is 30.0 Å². The number of thiocarbonyl (C=S) groups is 1. The van der Waals surface area contributed by atoms with E-state index >= 15 is 0 Å². The number of hydrogen-bond acceptors (Lipinski definition) is 5. The second-order valence-corrected chi connectivity index (χ2v) is 9.91. The number of H-pyrrole nitrogens is 1. The summed E-state index contributed by atoms with van der Waals surface area (Å²) < 4.78 is 5.52. The highest BCUT2D eigenvalue weighted by Gasteiger charge is 2.28. The molecule has 174 valence electrons. The molecule has 0 amide bonds. The first kappa shape index (κ1) is 22.1. The van der Waals surface area contributed by atoms with E-state index in [-0.39, 0.29) is 6.10 Å². The van der Waals surface area contributed by atoms with E-state index < -0.39 is 0 Å². The van der Waals surface area contributed by atoms with Gasteiger partial charge in [0.1, 0.15) is 0 Å². The van der Waals surface area contributed by atoms with Gasteiger partial charge in [-0.2, -0.15) is 0 Å². The Hall–Kier alpha value is -1.67. The van der Waals surface area contributed by atoms with Gasteiger partial charge < -0.3 is 29.5 Å². The summed E-state index contributed by atoms with van der Waals surface area (Å²) in [5.74, 6) is 0.995. The summed E-state index contributed by atoms with van der Waals surface area (Å²) in [6, 6.07) is 6.83. The van der Waals surface area contributed by atoms with Gasteiger partial charge in [-0.05, 0) is 74.4 Å². The fourth-order valence-corrected chi connectivity index (χ4v) is 5.95. The molecule has 32 heavy (non-hydrogen) atoms. The van der Waals surface area contributed by atoms with Gasteiger partial charge in [0.15, 0.2) is 0 Å². The van der Waals surface area contributed by atoms with Crippen molar-refractivity contribution in [2.45, 2.75) is 37.7 Å². The van der Waals surface area contributed by atoms with Crippen molar-refractivity contribution in [2.75, 3.05) is 63.9 Å². The number of rotatable bonds is 6. The number of anilines is 1. The second kappa shape index (κ2) is 10.1. The van der Waals surface area contributed by atoms with Crippen LogP contribution in [0.5, 0.6) is 0 Å². The van der Waals surface area contributed by atoms with E-state index in [1.807, 2.05) is 0 Å². The average Bonchev–Trinajstić information content (AvgIpc) is 3.28. The third-order valence-corrected chi connectivity index (χ3v) is 8.11. The number of β-amino-alcohol motifs (C(OH)–C–C–N with tert-alkyl or cyclic N) is 1. The number of aromatic amines is 1. The largest absolute Gasteiger partial charge is 0.392 e. The molecule has 0 saturated carbocycles. The first-order valence-corrected chi connectivity index (χ1v) is 12.7. The molecule has 1 aromatic heterocycles. The molecule has 3 saturated heterocycles. The number of aliphatic hydroxyl groups is 1. The smallest absolute Gasteiger partial charge is 0.0696 e. The summed E-state index contributed by atoms with van der Waals surface area (Å²) in [5.41, 5.74) is 5.77. The maximum Gasteiger partial charge on any atom is 0.0696 e. The molecular formula is C25H36N4O2S. The number of aliphatic hydroxyl groups excluding tert-OH is 1. The van der Waals surface area contributed by atoms with E-state index in [1.165, 1.54) is 22.2 Å². The predicted molar refractivity (Wildman–Crippen MR) is 134 cm³/mol. The monoisotopic (exact) mass is 456 g/mol. The Kier molecular flexibility index (Phi) is 6.97. The summed E-state index contributed by atoms with van der Waals surface area (Å²) in [6.07, 6.45) is 6.42. The van der Waals surface area contributed by atoms with Crippen LogP contribution in [0.25, 0.3) is 10.9 Å². The normalized spacial score (nSPS) is 23.0. The van der Waals surface area contributed by atoms with E-state index in [9.17, 15) is 5.11 Å². The van der Waals surface area contributed by atoms with E-state index in [2.05, 4.69) is 44.1 Å². The number of morpholine rings is 1. The third kappa shape index (κ3) is 4.81. The molecule has 0 aliphatic carbocycles. The standard InChI is InChI=1S/C25H36N4O2S/c30-25(20-5-9-28(18-32)10-6-20)17-27-7-3-19(4-8-27)23-16-26-24-2-1-21(15-22(23)24)29-11-13-31-14-12-29/h1-2,15-16,18-20,25-26,30H,3-14,17H2. The van der Waals surface area contributed by atoms with Crippen molar-refractivity contribution in [1.29, 1.82) is 0 Å². The molecule has 1 aromatic carbocycles. The average molecular weight is 457 g/mol. The third-order valence-electron chi connectivity index (χ3n) is 7.81. The molecule has 3 aliphatic rings. The van der Waals surface area contributed by atoms with Crippen LogP contribution in [0.4, 0.5) is 5.69 Å². The lowest BCUT2D eigenvalue weighted by Crippen LogP contribution is -2.44.